The summed E-state index contributed by atoms with van der Waals surface area (Å²) in [7, 11) is 0. The third kappa shape index (κ3) is 24.9. The van der Waals surface area contributed by atoms with E-state index in [0.29, 0.717) is 38.6 Å². The zero-order valence-electron chi connectivity index (χ0n) is 25.2. The van der Waals surface area contributed by atoms with Crippen molar-refractivity contribution in [2.24, 2.45) is 5.73 Å². The van der Waals surface area contributed by atoms with Gasteiger partial charge in [0.05, 0.1) is 0 Å². The highest BCUT2D eigenvalue weighted by atomic mass is 16.5. The lowest BCUT2D eigenvalue weighted by Gasteiger charge is -2.18. The molecule has 7 nitrogen and oxygen atoms in total. The van der Waals surface area contributed by atoms with E-state index in [1.165, 1.54) is 51.4 Å². The van der Waals surface area contributed by atoms with E-state index in [1.54, 1.807) is 0 Å². The number of hydrogen-bond acceptors (Lipinski definition) is 5. The molecule has 0 bridgehead atoms. The Balaban J connectivity index is 4.18. The highest BCUT2D eigenvalue weighted by Crippen LogP contribution is 2.17. The third-order valence-electron chi connectivity index (χ3n) is 7.08. The molecule has 0 aliphatic carbocycles. The summed E-state index contributed by atoms with van der Waals surface area (Å²) < 4.78 is 5.86. The van der Waals surface area contributed by atoms with E-state index in [0.717, 1.165) is 57.8 Å². The molecule has 0 heterocycles. The van der Waals surface area contributed by atoms with Crippen LogP contribution >= 0.6 is 0 Å². The fraction of sp³-hybridized carbons (Fsp3) is 0.844. The normalized spacial score (nSPS) is 12.9. The van der Waals surface area contributed by atoms with Crippen molar-refractivity contribution in [3.8, 4) is 0 Å². The van der Waals surface area contributed by atoms with Gasteiger partial charge in [-0.25, -0.2) is 4.79 Å². The molecular weight excluding hydrogens is 492 g/mol. The average molecular weight is 553 g/mol. The summed E-state index contributed by atoms with van der Waals surface area (Å²) in [5.74, 6) is -1.33. The van der Waals surface area contributed by atoms with E-state index >= 15 is 0 Å². The van der Waals surface area contributed by atoms with Gasteiger partial charge in [0.2, 0.25) is 5.91 Å². The molecule has 0 aliphatic heterocycles. The minimum atomic E-state index is -1.02. The third-order valence-corrected chi connectivity index (χ3v) is 7.08. The summed E-state index contributed by atoms with van der Waals surface area (Å²) in [6, 6.07) is -0.870. The van der Waals surface area contributed by atoms with Crippen molar-refractivity contribution in [1.82, 2.24) is 5.32 Å². The van der Waals surface area contributed by atoms with E-state index in [9.17, 15) is 19.5 Å². The van der Waals surface area contributed by atoms with Crippen LogP contribution in [0.25, 0.3) is 0 Å². The Morgan fingerprint density at radius 2 is 1.28 bits per heavy atom. The number of ether oxygens (including phenoxy) is 1. The predicted molar refractivity (Wildman–Crippen MR) is 161 cm³/mol. The van der Waals surface area contributed by atoms with E-state index in [1.807, 2.05) is 0 Å². The topological polar surface area (TPSA) is 119 Å². The minimum absolute atomic E-state index is 0.0460. The van der Waals surface area contributed by atoms with E-state index < -0.39 is 12.0 Å². The number of hydrogen-bond donors (Lipinski definition) is 3. The summed E-state index contributed by atoms with van der Waals surface area (Å²) in [5, 5.41) is 11.8. The maximum atomic E-state index is 12.5. The van der Waals surface area contributed by atoms with Crippen LogP contribution in [0.2, 0.25) is 0 Å². The molecule has 0 aliphatic rings. The zero-order valence-corrected chi connectivity index (χ0v) is 25.2. The number of aliphatic carboxylic acids is 1. The summed E-state index contributed by atoms with van der Waals surface area (Å²) >= 11 is 0. The average Bonchev–Trinajstić information content (AvgIpc) is 2.91. The van der Waals surface area contributed by atoms with Gasteiger partial charge in [-0.15, -0.1) is 0 Å². The highest BCUT2D eigenvalue weighted by Gasteiger charge is 2.19. The quantitative estimate of drug-likeness (QED) is 0.0522. The largest absolute Gasteiger partial charge is 0.480 e. The molecule has 2 unspecified atom stereocenters. The molecule has 1 amide bonds. The molecule has 0 aromatic rings. The molecule has 0 fully saturated rings. The second-order valence-corrected chi connectivity index (χ2v) is 10.9. The van der Waals surface area contributed by atoms with Crippen molar-refractivity contribution in [2.45, 2.75) is 167 Å². The predicted octanol–water partition coefficient (Wildman–Crippen LogP) is 7.60. The van der Waals surface area contributed by atoms with Crippen LogP contribution in [0.1, 0.15) is 155 Å². The summed E-state index contributed by atoms with van der Waals surface area (Å²) in [5.41, 5.74) is 5.45. The standard InChI is InChI=1S/C32H60N2O5/c1-3-5-7-9-10-11-12-13-14-15-20-26-31(36)39-28(22-17-8-6-4-2)23-18-16-19-25-30(35)34-29(32(37)38)24-21-27-33/h9-10,28-29H,3-8,11-27,33H2,1-2H3,(H,34,35)(H,37,38)/b10-9-. The minimum Gasteiger partial charge on any atom is -0.480 e. The van der Waals surface area contributed by atoms with Crippen LogP contribution in [0, 0.1) is 0 Å². The lowest BCUT2D eigenvalue weighted by atomic mass is 10.0. The molecule has 4 N–H and O–H groups in total. The SMILES string of the molecule is CCCC/C=C\CCCCCCCC(=O)OC(CCCCCC)CCCCCC(=O)NC(CCCN)C(=O)O. The Labute approximate surface area is 239 Å². The van der Waals surface area contributed by atoms with Crippen LogP contribution in [-0.2, 0) is 19.1 Å². The first-order valence-electron chi connectivity index (χ1n) is 16.0. The van der Waals surface area contributed by atoms with Crippen LogP contribution in [0.3, 0.4) is 0 Å². The lowest BCUT2D eigenvalue weighted by molar-refractivity contribution is -0.150. The van der Waals surface area contributed by atoms with Gasteiger partial charge in [-0.3, -0.25) is 9.59 Å². The Morgan fingerprint density at radius 3 is 1.92 bits per heavy atom. The number of rotatable bonds is 28. The number of amides is 1. The van der Waals surface area contributed by atoms with Crippen LogP contribution in [-0.4, -0.2) is 41.6 Å². The number of carbonyl (C=O) groups is 3. The molecule has 228 valence electrons. The van der Waals surface area contributed by atoms with Crippen molar-refractivity contribution < 1.29 is 24.2 Å². The smallest absolute Gasteiger partial charge is 0.326 e. The lowest BCUT2D eigenvalue weighted by Crippen LogP contribution is -2.40. The zero-order chi connectivity index (χ0) is 29.0. The summed E-state index contributed by atoms with van der Waals surface area (Å²) in [4.78, 5) is 35.9. The van der Waals surface area contributed by atoms with Gasteiger partial charge >= 0.3 is 11.9 Å². The first-order chi connectivity index (χ1) is 18.9. The molecular formula is C32H60N2O5. The van der Waals surface area contributed by atoms with E-state index in [4.69, 9.17) is 10.5 Å². The molecule has 0 rings (SSSR count). The van der Waals surface area contributed by atoms with Gasteiger partial charge in [-0.2, -0.15) is 0 Å². The molecule has 39 heavy (non-hydrogen) atoms. The highest BCUT2D eigenvalue weighted by molar-refractivity contribution is 5.83. The van der Waals surface area contributed by atoms with Gasteiger partial charge in [-0.1, -0.05) is 83.8 Å². The van der Waals surface area contributed by atoms with E-state index in [-0.39, 0.29) is 18.0 Å². The first kappa shape index (κ1) is 37.1. The van der Waals surface area contributed by atoms with Crippen LogP contribution < -0.4 is 11.1 Å². The molecule has 0 aromatic carbocycles. The number of carboxylic acid groups (broad SMARTS) is 1. The molecule has 0 saturated carbocycles. The number of esters is 1. The molecule has 0 saturated heterocycles. The maximum absolute atomic E-state index is 12.5. The number of allylic oxidation sites excluding steroid dienone is 2. The molecule has 0 spiro atoms. The van der Waals surface area contributed by atoms with Gasteiger partial charge in [-0.05, 0) is 77.2 Å². The summed E-state index contributed by atoms with van der Waals surface area (Å²) in [6.07, 6.45) is 25.5. The van der Waals surface area contributed by atoms with Crippen molar-refractivity contribution >= 4 is 17.8 Å². The molecule has 0 radical (unpaired) electrons. The van der Waals surface area contributed by atoms with Gasteiger partial charge in [0.15, 0.2) is 0 Å². The van der Waals surface area contributed by atoms with Gasteiger partial charge < -0.3 is 20.9 Å². The fourth-order valence-corrected chi connectivity index (χ4v) is 4.61. The number of carboxylic acids is 1. The second-order valence-electron chi connectivity index (χ2n) is 10.9. The number of nitrogens with two attached hydrogens (primary N) is 1. The van der Waals surface area contributed by atoms with Gasteiger partial charge in [0.25, 0.3) is 0 Å². The number of carbonyl (C=O) groups excluding carboxylic acids is 2. The van der Waals surface area contributed by atoms with Crippen molar-refractivity contribution in [1.29, 1.82) is 0 Å². The summed E-state index contributed by atoms with van der Waals surface area (Å²) in [6.45, 7) is 4.81. The van der Waals surface area contributed by atoms with Crippen LogP contribution in [0.15, 0.2) is 12.2 Å². The van der Waals surface area contributed by atoms with Gasteiger partial charge in [0.1, 0.15) is 12.1 Å². The Bertz CT molecular complexity index is 638. The first-order valence-corrected chi connectivity index (χ1v) is 16.0. The van der Waals surface area contributed by atoms with Crippen molar-refractivity contribution in [2.75, 3.05) is 6.54 Å². The molecule has 2 atom stereocenters. The molecule has 7 heteroatoms. The monoisotopic (exact) mass is 552 g/mol. The Morgan fingerprint density at radius 1 is 0.718 bits per heavy atom. The van der Waals surface area contributed by atoms with Gasteiger partial charge in [0, 0.05) is 12.8 Å². The Kier molecular flexibility index (Phi) is 26.3. The number of nitrogens with one attached hydrogen (secondary N) is 1. The van der Waals surface area contributed by atoms with Crippen LogP contribution in [0.5, 0.6) is 0 Å². The van der Waals surface area contributed by atoms with Crippen molar-refractivity contribution in [3.05, 3.63) is 12.2 Å². The second kappa shape index (κ2) is 27.7. The molecule has 0 aromatic heterocycles. The van der Waals surface area contributed by atoms with E-state index in [2.05, 4.69) is 31.3 Å². The van der Waals surface area contributed by atoms with Crippen LogP contribution in [0.4, 0.5) is 0 Å². The maximum Gasteiger partial charge on any atom is 0.326 e. The number of unbranched alkanes of at least 4 members (excludes halogenated alkanes) is 12. The fourth-order valence-electron chi connectivity index (χ4n) is 4.61. The Hall–Kier alpha value is -1.89. The van der Waals surface area contributed by atoms with Crippen molar-refractivity contribution in [3.63, 3.8) is 0 Å².